The van der Waals surface area contributed by atoms with Crippen LogP contribution in [0.3, 0.4) is 0 Å². The topological polar surface area (TPSA) is 17.1 Å². The highest BCUT2D eigenvalue weighted by Crippen LogP contribution is 2.35. The van der Waals surface area contributed by atoms with Gasteiger partial charge in [0, 0.05) is 5.56 Å². The van der Waals surface area contributed by atoms with Crippen LogP contribution in [0.2, 0.25) is 0 Å². The molecule has 1 nitrogen and oxygen atoms in total. The van der Waals surface area contributed by atoms with E-state index in [1.807, 2.05) is 37.3 Å². The highest BCUT2D eigenvalue weighted by Gasteiger charge is 2.33. The number of hydrogen-bond acceptors (Lipinski definition) is 1. The third-order valence-electron chi connectivity index (χ3n) is 3.29. The standard InChI is InChI=1S/C16H18O/c1-12(2)8-10-16(3)11-9-13-6-4-5-7-14(13)15(16)17/h4-9,11H,10H2,1-3H3/t16-/m1/s1. The van der Waals surface area contributed by atoms with E-state index in [2.05, 4.69) is 26.0 Å². The summed E-state index contributed by atoms with van der Waals surface area (Å²) in [6, 6.07) is 7.80. The first-order valence-corrected chi connectivity index (χ1v) is 5.99. The number of benzene rings is 1. The van der Waals surface area contributed by atoms with Crippen molar-refractivity contribution in [1.82, 2.24) is 0 Å². The summed E-state index contributed by atoms with van der Waals surface area (Å²) < 4.78 is 0. The molecule has 0 aliphatic heterocycles. The first-order chi connectivity index (χ1) is 8.03. The molecule has 0 bridgehead atoms. The summed E-state index contributed by atoms with van der Waals surface area (Å²) in [5, 5.41) is 0. The van der Waals surface area contributed by atoms with Gasteiger partial charge in [-0.1, -0.05) is 48.1 Å². The number of ketones is 1. The molecule has 0 saturated heterocycles. The Hall–Kier alpha value is -1.63. The Bertz CT molecular complexity index is 504. The second-order valence-electron chi connectivity index (χ2n) is 5.15. The highest BCUT2D eigenvalue weighted by atomic mass is 16.1. The van der Waals surface area contributed by atoms with E-state index < -0.39 is 0 Å². The van der Waals surface area contributed by atoms with Gasteiger partial charge in [0.2, 0.25) is 0 Å². The number of Topliss-reactive ketones (excluding diaryl/α,β-unsaturated/α-hetero) is 1. The molecular formula is C16H18O. The minimum Gasteiger partial charge on any atom is -0.293 e. The van der Waals surface area contributed by atoms with E-state index in [1.54, 1.807) is 0 Å². The lowest BCUT2D eigenvalue weighted by Gasteiger charge is -2.27. The quantitative estimate of drug-likeness (QED) is 0.689. The maximum absolute atomic E-state index is 12.5. The first-order valence-electron chi connectivity index (χ1n) is 5.99. The maximum atomic E-state index is 12.5. The minimum absolute atomic E-state index is 0.230. The summed E-state index contributed by atoms with van der Waals surface area (Å²) in [7, 11) is 0. The minimum atomic E-state index is -0.383. The van der Waals surface area contributed by atoms with E-state index in [0.717, 1.165) is 17.5 Å². The van der Waals surface area contributed by atoms with Gasteiger partial charge in [-0.2, -0.15) is 0 Å². The van der Waals surface area contributed by atoms with Crippen LogP contribution >= 0.6 is 0 Å². The zero-order valence-corrected chi connectivity index (χ0v) is 10.7. The largest absolute Gasteiger partial charge is 0.293 e. The van der Waals surface area contributed by atoms with Crippen molar-refractivity contribution in [3.8, 4) is 0 Å². The molecule has 0 amide bonds. The van der Waals surface area contributed by atoms with Crippen molar-refractivity contribution in [2.75, 3.05) is 0 Å². The van der Waals surface area contributed by atoms with Gasteiger partial charge in [-0.3, -0.25) is 4.79 Å². The van der Waals surface area contributed by atoms with Crippen LogP contribution in [0.5, 0.6) is 0 Å². The normalized spacial score (nSPS) is 22.2. The fraction of sp³-hybridized carbons (Fsp3) is 0.312. The molecule has 0 radical (unpaired) electrons. The Morgan fingerprint density at radius 1 is 1.29 bits per heavy atom. The summed E-state index contributed by atoms with van der Waals surface area (Å²) in [5.74, 6) is 0.230. The predicted molar refractivity (Wildman–Crippen MR) is 72.0 cm³/mol. The molecule has 0 unspecified atom stereocenters. The molecule has 1 aromatic carbocycles. The molecule has 0 N–H and O–H groups in total. The number of carbonyl (C=O) groups is 1. The van der Waals surface area contributed by atoms with Gasteiger partial charge in [-0.25, -0.2) is 0 Å². The summed E-state index contributed by atoms with van der Waals surface area (Å²) in [5.41, 5.74) is 2.75. The summed E-state index contributed by atoms with van der Waals surface area (Å²) in [4.78, 5) is 12.5. The van der Waals surface area contributed by atoms with E-state index in [-0.39, 0.29) is 11.2 Å². The van der Waals surface area contributed by atoms with E-state index >= 15 is 0 Å². The molecule has 0 aromatic heterocycles. The Labute approximate surface area is 103 Å². The number of carbonyl (C=O) groups excluding carboxylic acids is 1. The third-order valence-corrected chi connectivity index (χ3v) is 3.29. The zero-order valence-electron chi connectivity index (χ0n) is 10.7. The van der Waals surface area contributed by atoms with E-state index in [0.29, 0.717) is 0 Å². The zero-order chi connectivity index (χ0) is 12.5. The van der Waals surface area contributed by atoms with Crippen molar-refractivity contribution in [2.45, 2.75) is 27.2 Å². The van der Waals surface area contributed by atoms with Crippen molar-refractivity contribution in [1.29, 1.82) is 0 Å². The monoisotopic (exact) mass is 226 g/mol. The second-order valence-corrected chi connectivity index (χ2v) is 5.15. The van der Waals surface area contributed by atoms with E-state index in [1.165, 1.54) is 5.57 Å². The Morgan fingerprint density at radius 2 is 2.00 bits per heavy atom. The van der Waals surface area contributed by atoms with Gasteiger partial charge >= 0.3 is 0 Å². The Morgan fingerprint density at radius 3 is 2.71 bits per heavy atom. The number of fused-ring (bicyclic) bond motifs is 1. The fourth-order valence-corrected chi connectivity index (χ4v) is 2.08. The van der Waals surface area contributed by atoms with Gasteiger partial charge in [0.1, 0.15) is 0 Å². The molecular weight excluding hydrogens is 208 g/mol. The smallest absolute Gasteiger partial charge is 0.173 e. The van der Waals surface area contributed by atoms with Crippen LogP contribution in [0.1, 0.15) is 43.1 Å². The van der Waals surface area contributed by atoms with Gasteiger partial charge in [0.25, 0.3) is 0 Å². The summed E-state index contributed by atoms with van der Waals surface area (Å²) in [6.45, 7) is 6.14. The van der Waals surface area contributed by atoms with Crippen LogP contribution in [0, 0.1) is 5.41 Å². The van der Waals surface area contributed by atoms with Crippen molar-refractivity contribution in [3.05, 3.63) is 53.1 Å². The van der Waals surface area contributed by atoms with Crippen molar-refractivity contribution in [2.24, 2.45) is 5.41 Å². The number of allylic oxidation sites excluding steroid dienone is 3. The lowest BCUT2D eigenvalue weighted by atomic mass is 9.74. The van der Waals surface area contributed by atoms with Crippen LogP contribution in [0.25, 0.3) is 6.08 Å². The van der Waals surface area contributed by atoms with Crippen molar-refractivity contribution < 1.29 is 4.79 Å². The van der Waals surface area contributed by atoms with Gasteiger partial charge in [-0.15, -0.1) is 0 Å². The maximum Gasteiger partial charge on any atom is 0.173 e. The predicted octanol–water partition coefficient (Wildman–Crippen LogP) is 4.26. The molecule has 0 saturated carbocycles. The van der Waals surface area contributed by atoms with Gasteiger partial charge in [0.15, 0.2) is 5.78 Å². The molecule has 0 fully saturated rings. The average molecular weight is 226 g/mol. The van der Waals surface area contributed by atoms with E-state index in [9.17, 15) is 4.79 Å². The number of rotatable bonds is 2. The third kappa shape index (κ3) is 2.23. The molecule has 17 heavy (non-hydrogen) atoms. The van der Waals surface area contributed by atoms with Gasteiger partial charge < -0.3 is 0 Å². The molecule has 1 heteroatoms. The Balaban J connectivity index is 2.37. The summed E-state index contributed by atoms with van der Waals surface area (Å²) >= 11 is 0. The van der Waals surface area contributed by atoms with Crippen LogP contribution in [-0.2, 0) is 0 Å². The molecule has 2 rings (SSSR count). The second kappa shape index (κ2) is 4.33. The lowest BCUT2D eigenvalue weighted by Crippen LogP contribution is -2.28. The van der Waals surface area contributed by atoms with Crippen LogP contribution in [0.4, 0.5) is 0 Å². The average Bonchev–Trinajstić information content (AvgIpc) is 2.32. The molecule has 0 heterocycles. The molecule has 1 aliphatic rings. The first kappa shape index (κ1) is 11.8. The van der Waals surface area contributed by atoms with Crippen LogP contribution in [0.15, 0.2) is 42.0 Å². The number of hydrogen-bond donors (Lipinski definition) is 0. The van der Waals surface area contributed by atoms with Crippen molar-refractivity contribution in [3.63, 3.8) is 0 Å². The SMILES string of the molecule is CC(C)=CC[C@]1(C)C=Cc2ccccc2C1=O. The Kier molecular flexibility index (Phi) is 3.01. The molecule has 1 atom stereocenters. The molecule has 1 aromatic rings. The fourth-order valence-electron chi connectivity index (χ4n) is 2.08. The van der Waals surface area contributed by atoms with Crippen molar-refractivity contribution >= 4 is 11.9 Å². The van der Waals surface area contributed by atoms with Crippen LogP contribution in [-0.4, -0.2) is 5.78 Å². The van der Waals surface area contributed by atoms with Gasteiger partial charge in [0.05, 0.1) is 5.41 Å². The van der Waals surface area contributed by atoms with Gasteiger partial charge in [-0.05, 0) is 32.8 Å². The molecule has 1 aliphatic carbocycles. The highest BCUT2D eigenvalue weighted by molar-refractivity contribution is 6.06. The molecule has 88 valence electrons. The lowest BCUT2D eigenvalue weighted by molar-refractivity contribution is 0.0869. The van der Waals surface area contributed by atoms with E-state index in [4.69, 9.17) is 0 Å². The van der Waals surface area contributed by atoms with Crippen LogP contribution < -0.4 is 0 Å². The summed E-state index contributed by atoms with van der Waals surface area (Å²) in [6.07, 6.45) is 7.02. The molecule has 0 spiro atoms.